The summed E-state index contributed by atoms with van der Waals surface area (Å²) in [6.07, 6.45) is 0.419. The summed E-state index contributed by atoms with van der Waals surface area (Å²) in [5.74, 6) is 2.16. The largest absolute Gasteiger partial charge is 0.489 e. The lowest BCUT2D eigenvalue weighted by molar-refractivity contribution is 0.297. The van der Waals surface area contributed by atoms with Crippen molar-refractivity contribution in [3.8, 4) is 11.5 Å². The van der Waals surface area contributed by atoms with Gasteiger partial charge in [-0.3, -0.25) is 9.88 Å². The first-order valence-corrected chi connectivity index (χ1v) is 8.75. The molecule has 3 N–H and O–H groups in total. The van der Waals surface area contributed by atoms with Crippen LogP contribution in [0.2, 0.25) is 5.02 Å². The number of hydrogen-bond donors (Lipinski definition) is 2. The molecule has 2 aliphatic rings. The maximum Gasteiger partial charge on any atom is 0.212 e. The number of anilines is 1. The van der Waals surface area contributed by atoms with E-state index in [2.05, 4.69) is 15.3 Å². The van der Waals surface area contributed by atoms with Crippen molar-refractivity contribution in [2.24, 2.45) is 10.7 Å². The number of aromatic nitrogens is 2. The number of halogens is 1. The van der Waals surface area contributed by atoms with Gasteiger partial charge in [-0.15, -0.1) is 0 Å². The second-order valence-electron chi connectivity index (χ2n) is 6.19. The quantitative estimate of drug-likeness (QED) is 0.688. The van der Waals surface area contributed by atoms with E-state index >= 15 is 0 Å². The van der Waals surface area contributed by atoms with Gasteiger partial charge in [0.05, 0.1) is 29.3 Å². The monoisotopic (exact) mass is 369 g/mol. The summed E-state index contributed by atoms with van der Waals surface area (Å²) in [6.45, 7) is 1.17. The lowest BCUT2D eigenvalue weighted by Crippen LogP contribution is -2.31. The Morgan fingerprint density at radius 2 is 2.04 bits per heavy atom. The molecule has 0 amide bonds. The molecule has 2 aromatic carbocycles. The van der Waals surface area contributed by atoms with Gasteiger partial charge in [0.15, 0.2) is 23.6 Å². The summed E-state index contributed by atoms with van der Waals surface area (Å²) >= 11 is 6.47. The molecule has 0 fully saturated rings. The van der Waals surface area contributed by atoms with Crippen molar-refractivity contribution in [2.45, 2.75) is 12.6 Å². The predicted molar refractivity (Wildman–Crippen MR) is 100 cm³/mol. The van der Waals surface area contributed by atoms with E-state index in [0.717, 1.165) is 23.0 Å². The van der Waals surface area contributed by atoms with Crippen molar-refractivity contribution in [1.82, 2.24) is 9.55 Å². The Kier molecular flexibility index (Phi) is 3.43. The maximum atomic E-state index is 6.47. The van der Waals surface area contributed by atoms with Crippen LogP contribution in [0.5, 0.6) is 11.5 Å². The van der Waals surface area contributed by atoms with E-state index in [9.17, 15) is 0 Å². The molecule has 0 radical (unpaired) electrons. The van der Waals surface area contributed by atoms with Crippen LogP contribution in [0.4, 0.5) is 5.95 Å². The zero-order valence-electron chi connectivity index (χ0n) is 13.8. The van der Waals surface area contributed by atoms with E-state index in [1.807, 2.05) is 41.0 Å². The SMILES string of the molecule is NC1=NC(c2cc(Cl)c3c(c2)OCCCO3)n2c(nc3ccccc32)N1. The summed E-state index contributed by atoms with van der Waals surface area (Å²) in [6, 6.07) is 11.6. The van der Waals surface area contributed by atoms with Crippen LogP contribution >= 0.6 is 11.6 Å². The van der Waals surface area contributed by atoms with E-state index in [1.165, 1.54) is 0 Å². The molecular weight excluding hydrogens is 354 g/mol. The molecule has 5 rings (SSSR count). The molecule has 0 spiro atoms. The summed E-state index contributed by atoms with van der Waals surface area (Å²) in [5, 5.41) is 3.52. The molecule has 0 aliphatic carbocycles. The number of ether oxygens (including phenoxy) is 2. The fourth-order valence-corrected chi connectivity index (χ4v) is 3.61. The average Bonchev–Trinajstić information content (AvgIpc) is 2.82. The van der Waals surface area contributed by atoms with Gasteiger partial charge in [-0.05, 0) is 24.3 Å². The van der Waals surface area contributed by atoms with Crippen LogP contribution in [-0.4, -0.2) is 28.7 Å². The number of para-hydroxylation sites is 2. The molecule has 3 heterocycles. The third-order valence-corrected chi connectivity index (χ3v) is 4.75. The Hall–Kier alpha value is -2.93. The number of fused-ring (bicyclic) bond motifs is 4. The Balaban J connectivity index is 1.70. The second kappa shape index (κ2) is 5.81. The normalized spacial score (nSPS) is 18.7. The van der Waals surface area contributed by atoms with Crippen LogP contribution in [0.1, 0.15) is 18.2 Å². The number of imidazole rings is 1. The zero-order valence-corrected chi connectivity index (χ0v) is 14.5. The molecule has 1 unspecified atom stereocenters. The number of nitrogens with one attached hydrogen (secondary N) is 1. The summed E-state index contributed by atoms with van der Waals surface area (Å²) in [5.41, 5.74) is 8.68. The van der Waals surface area contributed by atoms with Gasteiger partial charge in [-0.2, -0.15) is 0 Å². The van der Waals surface area contributed by atoms with Crippen LogP contribution in [0, 0.1) is 0 Å². The molecular formula is C18H16ClN5O2. The highest BCUT2D eigenvalue weighted by Crippen LogP contribution is 2.42. The molecule has 2 aliphatic heterocycles. The van der Waals surface area contributed by atoms with Crippen LogP contribution in [0.25, 0.3) is 11.0 Å². The highest BCUT2D eigenvalue weighted by atomic mass is 35.5. The number of nitrogens with two attached hydrogens (primary N) is 1. The van der Waals surface area contributed by atoms with Crippen LogP contribution in [-0.2, 0) is 0 Å². The minimum atomic E-state index is -0.395. The van der Waals surface area contributed by atoms with Crippen molar-refractivity contribution in [3.63, 3.8) is 0 Å². The Bertz CT molecular complexity index is 1050. The van der Waals surface area contributed by atoms with Crippen LogP contribution in [0.3, 0.4) is 0 Å². The van der Waals surface area contributed by atoms with Gasteiger partial charge in [-0.25, -0.2) is 9.98 Å². The third kappa shape index (κ3) is 2.35. The molecule has 3 aromatic rings. The maximum absolute atomic E-state index is 6.47. The van der Waals surface area contributed by atoms with Gasteiger partial charge < -0.3 is 15.2 Å². The van der Waals surface area contributed by atoms with Crippen LogP contribution in [0.15, 0.2) is 41.4 Å². The Labute approximate surface area is 154 Å². The van der Waals surface area contributed by atoms with Gasteiger partial charge in [0, 0.05) is 12.0 Å². The number of benzene rings is 2. The molecule has 1 atom stereocenters. The Morgan fingerprint density at radius 1 is 1.19 bits per heavy atom. The number of hydrogen-bond acceptors (Lipinski definition) is 6. The molecule has 8 heteroatoms. The first kappa shape index (κ1) is 15.3. The van der Waals surface area contributed by atoms with E-state index in [1.54, 1.807) is 0 Å². The van der Waals surface area contributed by atoms with Crippen molar-refractivity contribution in [3.05, 3.63) is 47.0 Å². The highest BCUT2D eigenvalue weighted by Gasteiger charge is 2.27. The molecule has 26 heavy (non-hydrogen) atoms. The number of nitrogens with zero attached hydrogens (tertiary/aromatic N) is 3. The minimum absolute atomic E-state index is 0.307. The zero-order chi connectivity index (χ0) is 17.7. The number of guanidine groups is 1. The lowest BCUT2D eigenvalue weighted by Gasteiger charge is -2.24. The molecule has 0 saturated carbocycles. The smallest absolute Gasteiger partial charge is 0.212 e. The van der Waals surface area contributed by atoms with E-state index in [0.29, 0.717) is 41.6 Å². The third-order valence-electron chi connectivity index (χ3n) is 4.46. The highest BCUT2D eigenvalue weighted by molar-refractivity contribution is 6.32. The van der Waals surface area contributed by atoms with Crippen molar-refractivity contribution >= 4 is 34.5 Å². The number of rotatable bonds is 1. The van der Waals surface area contributed by atoms with Crippen molar-refractivity contribution in [1.29, 1.82) is 0 Å². The van der Waals surface area contributed by atoms with Crippen molar-refractivity contribution in [2.75, 3.05) is 18.5 Å². The van der Waals surface area contributed by atoms with Crippen molar-refractivity contribution < 1.29 is 9.47 Å². The van der Waals surface area contributed by atoms with Crippen LogP contribution < -0.4 is 20.5 Å². The van der Waals surface area contributed by atoms with Gasteiger partial charge in [0.1, 0.15) is 0 Å². The molecule has 7 nitrogen and oxygen atoms in total. The van der Waals surface area contributed by atoms with Gasteiger partial charge >= 0.3 is 0 Å². The van der Waals surface area contributed by atoms with Gasteiger partial charge in [0.2, 0.25) is 5.95 Å². The second-order valence-corrected chi connectivity index (χ2v) is 6.59. The number of aliphatic imine (C=N–C) groups is 1. The summed E-state index contributed by atoms with van der Waals surface area (Å²) in [4.78, 5) is 9.19. The van der Waals surface area contributed by atoms with Gasteiger partial charge in [0.25, 0.3) is 0 Å². The first-order chi connectivity index (χ1) is 12.7. The fraction of sp³-hybridized carbons (Fsp3) is 0.222. The fourth-order valence-electron chi connectivity index (χ4n) is 3.34. The summed E-state index contributed by atoms with van der Waals surface area (Å²) in [7, 11) is 0. The average molecular weight is 370 g/mol. The molecule has 132 valence electrons. The Morgan fingerprint density at radius 3 is 2.96 bits per heavy atom. The van der Waals surface area contributed by atoms with E-state index in [-0.39, 0.29) is 0 Å². The molecule has 0 saturated heterocycles. The van der Waals surface area contributed by atoms with E-state index in [4.69, 9.17) is 26.8 Å². The predicted octanol–water partition coefficient (Wildman–Crippen LogP) is 3.14. The standard InChI is InChI=1S/C18H16ClN5O2/c19-11-8-10(9-14-15(11)26-7-3-6-25-14)16-22-17(20)23-18-21-12-4-1-2-5-13(12)24(16)18/h1-2,4-5,8-9,16H,3,6-7H2,(H3,20,21,22,23). The summed E-state index contributed by atoms with van der Waals surface area (Å²) < 4.78 is 13.5. The minimum Gasteiger partial charge on any atom is -0.489 e. The molecule has 1 aromatic heterocycles. The topological polar surface area (TPSA) is 86.7 Å². The molecule has 0 bridgehead atoms. The van der Waals surface area contributed by atoms with Gasteiger partial charge in [-0.1, -0.05) is 23.7 Å². The first-order valence-electron chi connectivity index (χ1n) is 8.37. The van der Waals surface area contributed by atoms with E-state index < -0.39 is 6.17 Å². The lowest BCUT2D eigenvalue weighted by atomic mass is 10.1.